The summed E-state index contributed by atoms with van der Waals surface area (Å²) >= 11 is 0. The van der Waals surface area contributed by atoms with E-state index in [1.165, 1.54) is 0 Å². The zero-order valence-electron chi connectivity index (χ0n) is 7.24. The summed E-state index contributed by atoms with van der Waals surface area (Å²) in [6.45, 7) is 4.58. The minimum absolute atomic E-state index is 0.201. The van der Waals surface area contributed by atoms with Gasteiger partial charge in [-0.25, -0.2) is 8.42 Å². The summed E-state index contributed by atoms with van der Waals surface area (Å²) in [5, 5.41) is -0.248. The summed E-state index contributed by atoms with van der Waals surface area (Å²) in [7, 11) is -0.939. The third-order valence-corrected chi connectivity index (χ3v) is 4.49. The molecule has 1 unspecified atom stereocenters. The first-order valence-electron chi connectivity index (χ1n) is 3.87. The van der Waals surface area contributed by atoms with Crippen molar-refractivity contribution in [3.05, 3.63) is 0 Å². The summed E-state index contributed by atoms with van der Waals surface area (Å²) in [5.41, 5.74) is 0. The Morgan fingerprint density at radius 2 is 2.00 bits per heavy atom. The van der Waals surface area contributed by atoms with E-state index in [1.807, 2.05) is 25.8 Å². The van der Waals surface area contributed by atoms with Crippen LogP contribution in [-0.4, -0.2) is 38.0 Å². The highest BCUT2D eigenvalue weighted by Gasteiger charge is 2.37. The Bertz CT molecular complexity index is 233. The van der Waals surface area contributed by atoms with Gasteiger partial charge in [-0.1, -0.05) is 13.8 Å². The van der Waals surface area contributed by atoms with Crippen LogP contribution < -0.4 is 0 Å². The van der Waals surface area contributed by atoms with Gasteiger partial charge in [0.05, 0.1) is 5.75 Å². The van der Waals surface area contributed by atoms with Gasteiger partial charge in [0.15, 0.2) is 9.84 Å². The molecule has 0 aliphatic carbocycles. The zero-order chi connectivity index (χ0) is 8.65. The summed E-state index contributed by atoms with van der Waals surface area (Å²) in [6.07, 6.45) is 0. The van der Waals surface area contributed by atoms with Crippen LogP contribution in [-0.2, 0) is 9.84 Å². The monoisotopic (exact) mass is 177 g/mol. The van der Waals surface area contributed by atoms with Crippen LogP contribution in [0.5, 0.6) is 0 Å². The van der Waals surface area contributed by atoms with Crippen molar-refractivity contribution >= 4 is 9.84 Å². The summed E-state index contributed by atoms with van der Waals surface area (Å²) in [4.78, 5) is 1.92. The molecule has 1 atom stereocenters. The minimum atomic E-state index is -2.81. The highest BCUT2D eigenvalue weighted by Crippen LogP contribution is 2.21. The topological polar surface area (TPSA) is 37.4 Å². The summed E-state index contributed by atoms with van der Waals surface area (Å²) in [5.74, 6) is 0.527. The van der Waals surface area contributed by atoms with Crippen LogP contribution in [0.2, 0.25) is 0 Å². The largest absolute Gasteiger partial charge is 0.289 e. The van der Waals surface area contributed by atoms with Crippen molar-refractivity contribution in [2.45, 2.75) is 19.2 Å². The van der Waals surface area contributed by atoms with Gasteiger partial charge in [-0.15, -0.1) is 0 Å². The molecular weight excluding hydrogens is 162 g/mol. The molecule has 0 aromatic heterocycles. The lowest BCUT2D eigenvalue weighted by molar-refractivity contribution is 0.292. The van der Waals surface area contributed by atoms with E-state index >= 15 is 0 Å². The van der Waals surface area contributed by atoms with E-state index in [4.69, 9.17) is 0 Å². The highest BCUT2D eigenvalue weighted by molar-refractivity contribution is 7.92. The fourth-order valence-corrected chi connectivity index (χ4v) is 3.98. The van der Waals surface area contributed by atoms with Gasteiger partial charge < -0.3 is 0 Å². The molecule has 0 N–H and O–H groups in total. The molecule has 1 aliphatic rings. The Labute approximate surface area is 68.3 Å². The Balaban J connectivity index is 2.90. The smallest absolute Gasteiger partial charge is 0.167 e. The molecule has 1 fully saturated rings. The van der Waals surface area contributed by atoms with Crippen molar-refractivity contribution in [3.8, 4) is 0 Å². The molecule has 1 aliphatic heterocycles. The van der Waals surface area contributed by atoms with Gasteiger partial charge in [0.2, 0.25) is 0 Å². The maximum atomic E-state index is 11.4. The molecule has 0 saturated carbocycles. The predicted octanol–water partition coefficient (Wildman–Crippen LogP) is 0.329. The molecule has 4 heteroatoms. The predicted molar refractivity (Wildman–Crippen MR) is 45.0 cm³/mol. The first kappa shape index (κ1) is 9.00. The third kappa shape index (κ3) is 1.56. The number of hydrogen-bond donors (Lipinski definition) is 0. The second-order valence-corrected chi connectivity index (χ2v) is 5.70. The molecule has 0 spiro atoms. The molecule has 3 nitrogen and oxygen atoms in total. The second-order valence-electron chi connectivity index (χ2n) is 3.48. The van der Waals surface area contributed by atoms with Crippen molar-refractivity contribution in [2.24, 2.45) is 5.92 Å². The Kier molecular flexibility index (Phi) is 2.25. The average Bonchev–Trinajstić information content (AvgIpc) is 2.06. The van der Waals surface area contributed by atoms with Gasteiger partial charge in [0, 0.05) is 6.54 Å². The lowest BCUT2D eigenvalue weighted by Crippen LogP contribution is -2.34. The SMILES string of the molecule is CC(C)C1N(C)CCS1(=O)=O. The molecule has 0 bridgehead atoms. The van der Waals surface area contributed by atoms with Crippen LogP contribution in [0, 0.1) is 5.92 Å². The summed E-state index contributed by atoms with van der Waals surface area (Å²) in [6, 6.07) is 0. The summed E-state index contributed by atoms with van der Waals surface area (Å²) < 4.78 is 22.7. The van der Waals surface area contributed by atoms with Crippen molar-refractivity contribution < 1.29 is 8.42 Å². The van der Waals surface area contributed by atoms with E-state index in [9.17, 15) is 8.42 Å². The normalized spacial score (nSPS) is 31.5. The van der Waals surface area contributed by atoms with Gasteiger partial charge in [-0.2, -0.15) is 0 Å². The van der Waals surface area contributed by atoms with E-state index < -0.39 is 9.84 Å². The fraction of sp³-hybridized carbons (Fsp3) is 1.00. The molecule has 1 heterocycles. The molecule has 0 aromatic rings. The fourth-order valence-electron chi connectivity index (χ4n) is 1.72. The maximum absolute atomic E-state index is 11.4. The van der Waals surface area contributed by atoms with Crippen LogP contribution in [0.1, 0.15) is 13.8 Å². The molecule has 0 amide bonds. The van der Waals surface area contributed by atoms with Gasteiger partial charge in [-0.05, 0) is 13.0 Å². The van der Waals surface area contributed by atoms with E-state index in [0.29, 0.717) is 12.3 Å². The van der Waals surface area contributed by atoms with Crippen LogP contribution in [0.25, 0.3) is 0 Å². The first-order valence-corrected chi connectivity index (χ1v) is 5.58. The van der Waals surface area contributed by atoms with Crippen molar-refractivity contribution in [3.63, 3.8) is 0 Å². The second kappa shape index (κ2) is 2.75. The quantitative estimate of drug-likeness (QED) is 0.579. The molecule has 1 saturated heterocycles. The van der Waals surface area contributed by atoms with Crippen molar-refractivity contribution in [1.82, 2.24) is 4.90 Å². The Morgan fingerprint density at radius 3 is 2.18 bits per heavy atom. The van der Waals surface area contributed by atoms with E-state index in [-0.39, 0.29) is 11.3 Å². The van der Waals surface area contributed by atoms with Crippen LogP contribution >= 0.6 is 0 Å². The van der Waals surface area contributed by atoms with Crippen molar-refractivity contribution in [1.29, 1.82) is 0 Å². The lowest BCUT2D eigenvalue weighted by atomic mass is 10.2. The van der Waals surface area contributed by atoms with Gasteiger partial charge in [0.1, 0.15) is 5.37 Å². The van der Waals surface area contributed by atoms with Gasteiger partial charge in [-0.3, -0.25) is 4.90 Å². The van der Waals surface area contributed by atoms with Crippen LogP contribution in [0.15, 0.2) is 0 Å². The molecule has 66 valence electrons. The highest BCUT2D eigenvalue weighted by atomic mass is 32.2. The minimum Gasteiger partial charge on any atom is -0.289 e. The zero-order valence-corrected chi connectivity index (χ0v) is 8.06. The number of hydrogen-bond acceptors (Lipinski definition) is 3. The van der Waals surface area contributed by atoms with E-state index in [2.05, 4.69) is 0 Å². The van der Waals surface area contributed by atoms with Gasteiger partial charge in [0.25, 0.3) is 0 Å². The number of rotatable bonds is 1. The number of nitrogens with zero attached hydrogens (tertiary/aromatic N) is 1. The first-order chi connectivity index (χ1) is 4.95. The van der Waals surface area contributed by atoms with E-state index in [0.717, 1.165) is 0 Å². The molecule has 11 heavy (non-hydrogen) atoms. The molecule has 0 aromatic carbocycles. The van der Waals surface area contributed by atoms with Crippen molar-refractivity contribution in [2.75, 3.05) is 19.3 Å². The standard InChI is InChI=1S/C7H15NO2S/c1-6(2)7-8(3)4-5-11(7,9)10/h6-7H,4-5H2,1-3H3. The molecule has 1 rings (SSSR count). The average molecular weight is 177 g/mol. The van der Waals surface area contributed by atoms with E-state index in [1.54, 1.807) is 0 Å². The maximum Gasteiger partial charge on any atom is 0.167 e. The Morgan fingerprint density at radius 1 is 1.45 bits per heavy atom. The molecule has 0 radical (unpaired) electrons. The third-order valence-electron chi connectivity index (χ3n) is 2.10. The van der Waals surface area contributed by atoms with Gasteiger partial charge >= 0.3 is 0 Å². The van der Waals surface area contributed by atoms with Crippen LogP contribution in [0.4, 0.5) is 0 Å². The molecular formula is C7H15NO2S. The Hall–Kier alpha value is -0.0900. The lowest BCUT2D eigenvalue weighted by Gasteiger charge is -2.21. The van der Waals surface area contributed by atoms with Crippen LogP contribution in [0.3, 0.4) is 0 Å². The number of sulfone groups is 1.